The van der Waals surface area contributed by atoms with Crippen LogP contribution >= 0.6 is 11.3 Å². The van der Waals surface area contributed by atoms with Crippen molar-refractivity contribution >= 4 is 17.3 Å². The van der Waals surface area contributed by atoms with Crippen LogP contribution in [-0.2, 0) is 4.79 Å². The first-order valence-electron chi connectivity index (χ1n) is 4.29. The van der Waals surface area contributed by atoms with Crippen molar-refractivity contribution in [1.29, 1.82) is 0 Å². The molecule has 0 spiro atoms. The Labute approximate surface area is 81.8 Å². The molecule has 1 aromatic heterocycles. The van der Waals surface area contributed by atoms with Gasteiger partial charge in [-0.2, -0.15) is 0 Å². The highest BCUT2D eigenvalue weighted by molar-refractivity contribution is 7.11. The Morgan fingerprint density at radius 3 is 2.85 bits per heavy atom. The Hall–Kier alpha value is -0.900. The van der Waals surface area contributed by atoms with E-state index in [1.807, 2.05) is 5.38 Å². The topological polar surface area (TPSA) is 39.2 Å². The lowest BCUT2D eigenvalue weighted by molar-refractivity contribution is -0.134. The quantitative estimate of drug-likeness (QED) is 0.702. The van der Waals surface area contributed by atoms with Gasteiger partial charge in [-0.15, -0.1) is 0 Å². The number of hydrogen-bond donors (Lipinski definition) is 0. The maximum absolute atomic E-state index is 10.9. The van der Waals surface area contributed by atoms with Gasteiger partial charge in [0.25, 0.3) is 5.19 Å². The molecule has 0 aromatic carbocycles. The summed E-state index contributed by atoms with van der Waals surface area (Å²) in [5, 5.41) is 2.37. The molecule has 0 radical (unpaired) electrons. The summed E-state index contributed by atoms with van der Waals surface area (Å²) in [6, 6.07) is 0. The summed E-state index contributed by atoms with van der Waals surface area (Å²) in [5.41, 5.74) is 0.976. The van der Waals surface area contributed by atoms with Gasteiger partial charge in [-0.05, 0) is 5.92 Å². The van der Waals surface area contributed by atoms with Gasteiger partial charge in [0.05, 0.1) is 5.69 Å². The number of rotatable bonds is 3. The van der Waals surface area contributed by atoms with E-state index in [-0.39, 0.29) is 5.97 Å². The second-order valence-corrected chi connectivity index (χ2v) is 3.84. The number of hydrogen-bond acceptors (Lipinski definition) is 4. The molecule has 0 aliphatic rings. The van der Waals surface area contributed by atoms with Crippen LogP contribution in [0.2, 0.25) is 0 Å². The predicted molar refractivity (Wildman–Crippen MR) is 52.1 cm³/mol. The molecule has 1 rings (SSSR count). The highest BCUT2D eigenvalue weighted by atomic mass is 32.1. The molecule has 0 atom stereocenters. The van der Waals surface area contributed by atoms with Crippen molar-refractivity contribution in [2.24, 2.45) is 0 Å². The van der Waals surface area contributed by atoms with Gasteiger partial charge in [0.15, 0.2) is 0 Å². The Morgan fingerprint density at radius 1 is 1.69 bits per heavy atom. The third kappa shape index (κ3) is 2.81. The van der Waals surface area contributed by atoms with Crippen LogP contribution < -0.4 is 4.74 Å². The molecule has 0 saturated carbocycles. The van der Waals surface area contributed by atoms with Crippen LogP contribution in [0.1, 0.15) is 38.8 Å². The summed E-state index contributed by atoms with van der Waals surface area (Å²) in [6.45, 7) is 5.88. The normalized spacial score (nSPS) is 10.5. The minimum atomic E-state index is -0.232. The zero-order chi connectivity index (χ0) is 9.84. The molecule has 0 saturated heterocycles. The third-order valence-corrected chi connectivity index (χ3v) is 2.32. The molecular weight excluding hydrogens is 186 g/mol. The summed E-state index contributed by atoms with van der Waals surface area (Å²) in [6.07, 6.45) is 0.386. The van der Waals surface area contributed by atoms with E-state index in [9.17, 15) is 4.79 Å². The van der Waals surface area contributed by atoms with E-state index in [1.54, 1.807) is 6.92 Å². The van der Waals surface area contributed by atoms with Gasteiger partial charge < -0.3 is 4.74 Å². The van der Waals surface area contributed by atoms with Gasteiger partial charge in [0.1, 0.15) is 0 Å². The lowest BCUT2D eigenvalue weighted by atomic mass is 10.2. The van der Waals surface area contributed by atoms with Crippen LogP contribution in [0.5, 0.6) is 5.19 Å². The second-order valence-electron chi connectivity index (χ2n) is 3.02. The fraction of sp³-hybridized carbons (Fsp3) is 0.556. The van der Waals surface area contributed by atoms with Gasteiger partial charge in [0, 0.05) is 11.8 Å². The molecule has 0 aliphatic carbocycles. The molecule has 0 N–H and O–H groups in total. The van der Waals surface area contributed by atoms with E-state index in [0.717, 1.165) is 5.69 Å². The SMILES string of the molecule is CCC(=O)Oc1nc(C(C)C)cs1. The van der Waals surface area contributed by atoms with E-state index >= 15 is 0 Å². The Kier molecular flexibility index (Phi) is 3.42. The minimum absolute atomic E-state index is 0.232. The van der Waals surface area contributed by atoms with E-state index in [4.69, 9.17) is 4.74 Å². The first kappa shape index (κ1) is 10.2. The van der Waals surface area contributed by atoms with Crippen molar-refractivity contribution < 1.29 is 9.53 Å². The molecule has 1 aromatic rings. The zero-order valence-corrected chi connectivity index (χ0v) is 8.85. The number of carbonyl (C=O) groups excluding carboxylic acids is 1. The van der Waals surface area contributed by atoms with Crippen molar-refractivity contribution in [3.63, 3.8) is 0 Å². The van der Waals surface area contributed by atoms with Crippen LogP contribution in [-0.4, -0.2) is 11.0 Å². The van der Waals surface area contributed by atoms with E-state index in [2.05, 4.69) is 18.8 Å². The highest BCUT2D eigenvalue weighted by Gasteiger charge is 2.08. The second kappa shape index (κ2) is 4.37. The van der Waals surface area contributed by atoms with Crippen LogP contribution in [0.15, 0.2) is 5.38 Å². The lowest BCUT2D eigenvalue weighted by Crippen LogP contribution is -2.05. The van der Waals surface area contributed by atoms with Crippen molar-refractivity contribution in [3.8, 4) is 5.19 Å². The van der Waals surface area contributed by atoms with Crippen LogP contribution in [0, 0.1) is 0 Å². The average molecular weight is 199 g/mol. The predicted octanol–water partition coefficient (Wildman–Crippen LogP) is 2.58. The van der Waals surface area contributed by atoms with Gasteiger partial charge >= 0.3 is 5.97 Å². The van der Waals surface area contributed by atoms with Gasteiger partial charge in [-0.1, -0.05) is 32.1 Å². The number of thiazole rings is 1. The molecule has 3 nitrogen and oxygen atoms in total. The van der Waals surface area contributed by atoms with Crippen LogP contribution in [0.25, 0.3) is 0 Å². The molecule has 1 heterocycles. The molecule has 72 valence electrons. The molecule has 0 amide bonds. The Bertz CT molecular complexity index is 294. The monoisotopic (exact) mass is 199 g/mol. The first-order valence-corrected chi connectivity index (χ1v) is 5.17. The molecule has 0 aliphatic heterocycles. The van der Waals surface area contributed by atoms with E-state index < -0.39 is 0 Å². The standard InChI is InChI=1S/C9H13NO2S/c1-4-8(11)12-9-10-7(5-13-9)6(2)3/h5-6H,4H2,1-3H3. The number of nitrogens with zero attached hydrogens (tertiary/aromatic N) is 1. The maximum Gasteiger partial charge on any atom is 0.312 e. The Balaban J connectivity index is 2.64. The number of esters is 1. The minimum Gasteiger partial charge on any atom is -0.398 e. The van der Waals surface area contributed by atoms with Crippen molar-refractivity contribution in [1.82, 2.24) is 4.98 Å². The van der Waals surface area contributed by atoms with Crippen molar-refractivity contribution in [2.45, 2.75) is 33.1 Å². The van der Waals surface area contributed by atoms with E-state index in [1.165, 1.54) is 11.3 Å². The fourth-order valence-electron chi connectivity index (χ4n) is 0.751. The van der Waals surface area contributed by atoms with Crippen LogP contribution in [0.4, 0.5) is 0 Å². The maximum atomic E-state index is 10.9. The molecule has 0 unspecified atom stereocenters. The Morgan fingerprint density at radius 2 is 2.38 bits per heavy atom. The first-order chi connectivity index (χ1) is 6.13. The number of ether oxygens (including phenoxy) is 1. The summed E-state index contributed by atoms with van der Waals surface area (Å²) in [4.78, 5) is 15.1. The third-order valence-electron chi connectivity index (χ3n) is 1.58. The summed E-state index contributed by atoms with van der Waals surface area (Å²) < 4.78 is 4.96. The fourth-order valence-corrected chi connectivity index (χ4v) is 1.60. The lowest BCUT2D eigenvalue weighted by Gasteiger charge is -1.97. The molecule has 4 heteroatoms. The highest BCUT2D eigenvalue weighted by Crippen LogP contribution is 2.23. The summed E-state index contributed by atoms with van der Waals surface area (Å²) in [5.74, 6) is 0.148. The summed E-state index contributed by atoms with van der Waals surface area (Å²) in [7, 11) is 0. The van der Waals surface area contributed by atoms with Crippen molar-refractivity contribution in [2.75, 3.05) is 0 Å². The molecule has 13 heavy (non-hydrogen) atoms. The van der Waals surface area contributed by atoms with E-state index in [0.29, 0.717) is 17.5 Å². The van der Waals surface area contributed by atoms with Crippen LogP contribution in [0.3, 0.4) is 0 Å². The zero-order valence-electron chi connectivity index (χ0n) is 8.03. The number of aromatic nitrogens is 1. The molecule has 0 fully saturated rings. The molecular formula is C9H13NO2S. The van der Waals surface area contributed by atoms with Gasteiger partial charge in [-0.25, -0.2) is 4.98 Å². The van der Waals surface area contributed by atoms with Gasteiger partial charge in [-0.3, -0.25) is 4.79 Å². The number of carbonyl (C=O) groups is 1. The smallest absolute Gasteiger partial charge is 0.312 e. The summed E-state index contributed by atoms with van der Waals surface area (Å²) >= 11 is 1.37. The molecule has 0 bridgehead atoms. The largest absolute Gasteiger partial charge is 0.398 e. The van der Waals surface area contributed by atoms with Crippen molar-refractivity contribution in [3.05, 3.63) is 11.1 Å². The average Bonchev–Trinajstić information content (AvgIpc) is 2.52. The van der Waals surface area contributed by atoms with Gasteiger partial charge in [0.2, 0.25) is 0 Å².